The molecule has 0 aliphatic carbocycles. The fourth-order valence-corrected chi connectivity index (χ4v) is 2.35. The molecule has 0 atom stereocenters. The van der Waals surface area contributed by atoms with E-state index in [0.29, 0.717) is 17.4 Å². The van der Waals surface area contributed by atoms with Crippen molar-refractivity contribution in [1.29, 1.82) is 0 Å². The van der Waals surface area contributed by atoms with Crippen molar-refractivity contribution in [2.45, 2.75) is 19.3 Å². The molecule has 5 nitrogen and oxygen atoms in total. The normalized spacial score (nSPS) is 14.5. The summed E-state index contributed by atoms with van der Waals surface area (Å²) in [6, 6.07) is 12.4. The lowest BCUT2D eigenvalue weighted by atomic mass is 10.1. The SMILES string of the molecule is O=C(Oc1ccc(Oc2ccccn2)cc1)N1CCCCC1. The highest BCUT2D eigenvalue weighted by Gasteiger charge is 2.18. The van der Waals surface area contributed by atoms with Crippen LogP contribution < -0.4 is 9.47 Å². The largest absolute Gasteiger partial charge is 0.439 e. The molecular formula is C17H18N2O3. The fraction of sp³-hybridized carbons (Fsp3) is 0.294. The smallest absolute Gasteiger partial charge is 0.415 e. The van der Waals surface area contributed by atoms with Crippen molar-refractivity contribution in [1.82, 2.24) is 9.88 Å². The van der Waals surface area contributed by atoms with Crippen molar-refractivity contribution in [2.75, 3.05) is 13.1 Å². The Morgan fingerprint density at radius 1 is 0.955 bits per heavy atom. The summed E-state index contributed by atoms with van der Waals surface area (Å²) < 4.78 is 11.0. The minimum Gasteiger partial charge on any atom is -0.439 e. The lowest BCUT2D eigenvalue weighted by Gasteiger charge is -2.25. The van der Waals surface area contributed by atoms with Crippen LogP contribution in [0.25, 0.3) is 0 Å². The predicted octanol–water partition coefficient (Wildman–Crippen LogP) is 3.86. The van der Waals surface area contributed by atoms with Crippen molar-refractivity contribution in [3.63, 3.8) is 0 Å². The summed E-state index contributed by atoms with van der Waals surface area (Å²) in [6.07, 6.45) is 4.67. The van der Waals surface area contributed by atoms with Crippen molar-refractivity contribution in [3.05, 3.63) is 48.7 Å². The molecule has 5 heteroatoms. The van der Waals surface area contributed by atoms with Gasteiger partial charge in [-0.3, -0.25) is 0 Å². The molecule has 0 saturated carbocycles. The van der Waals surface area contributed by atoms with Gasteiger partial charge < -0.3 is 14.4 Å². The van der Waals surface area contributed by atoms with Crippen molar-refractivity contribution in [3.8, 4) is 17.4 Å². The number of benzene rings is 1. The molecule has 0 radical (unpaired) electrons. The molecule has 0 bridgehead atoms. The number of amides is 1. The van der Waals surface area contributed by atoms with Gasteiger partial charge in [0.1, 0.15) is 11.5 Å². The maximum atomic E-state index is 12.0. The number of nitrogens with zero attached hydrogens (tertiary/aromatic N) is 2. The Kier molecular flexibility index (Phi) is 4.53. The molecule has 0 spiro atoms. The average Bonchev–Trinajstić information content (AvgIpc) is 2.58. The molecule has 22 heavy (non-hydrogen) atoms. The maximum Gasteiger partial charge on any atom is 0.415 e. The second-order valence-corrected chi connectivity index (χ2v) is 5.16. The molecular weight excluding hydrogens is 280 g/mol. The van der Waals surface area contributed by atoms with E-state index in [1.807, 2.05) is 12.1 Å². The van der Waals surface area contributed by atoms with Gasteiger partial charge in [-0.2, -0.15) is 0 Å². The van der Waals surface area contributed by atoms with Crippen molar-refractivity contribution >= 4 is 6.09 Å². The number of likely N-dealkylation sites (tertiary alicyclic amines) is 1. The Bertz CT molecular complexity index is 608. The number of aromatic nitrogens is 1. The third kappa shape index (κ3) is 3.75. The van der Waals surface area contributed by atoms with Gasteiger partial charge >= 0.3 is 6.09 Å². The van der Waals surface area contributed by atoms with Crippen LogP contribution in [0.1, 0.15) is 19.3 Å². The van der Waals surface area contributed by atoms with Gasteiger partial charge in [-0.1, -0.05) is 6.07 Å². The van der Waals surface area contributed by atoms with E-state index in [1.54, 1.807) is 41.4 Å². The molecule has 1 aromatic heterocycles. The van der Waals surface area contributed by atoms with Crippen molar-refractivity contribution in [2.24, 2.45) is 0 Å². The summed E-state index contributed by atoms with van der Waals surface area (Å²) in [4.78, 5) is 17.8. The molecule has 1 fully saturated rings. The highest BCUT2D eigenvalue weighted by atomic mass is 16.6. The van der Waals surface area contributed by atoms with E-state index in [-0.39, 0.29) is 6.09 Å². The summed E-state index contributed by atoms with van der Waals surface area (Å²) in [5.74, 6) is 1.70. The number of carbonyl (C=O) groups is 1. The van der Waals surface area contributed by atoms with E-state index in [1.165, 1.54) is 6.42 Å². The van der Waals surface area contributed by atoms with Gasteiger partial charge in [0.25, 0.3) is 0 Å². The Labute approximate surface area is 129 Å². The third-order valence-electron chi connectivity index (χ3n) is 3.50. The first-order valence-electron chi connectivity index (χ1n) is 7.47. The number of rotatable bonds is 3. The van der Waals surface area contributed by atoms with Gasteiger partial charge in [0.15, 0.2) is 0 Å². The summed E-state index contributed by atoms with van der Waals surface area (Å²) in [6.45, 7) is 1.55. The highest BCUT2D eigenvalue weighted by Crippen LogP contribution is 2.22. The zero-order valence-corrected chi connectivity index (χ0v) is 12.3. The first kappa shape index (κ1) is 14.4. The number of ether oxygens (including phenoxy) is 2. The lowest BCUT2D eigenvalue weighted by Crippen LogP contribution is -2.37. The molecule has 114 valence electrons. The van der Waals surface area contributed by atoms with Crippen LogP contribution in [-0.4, -0.2) is 29.1 Å². The molecule has 1 aliphatic heterocycles. The monoisotopic (exact) mass is 298 g/mol. The average molecular weight is 298 g/mol. The van der Waals surface area contributed by atoms with Gasteiger partial charge in [0.2, 0.25) is 5.88 Å². The van der Waals surface area contributed by atoms with Crippen LogP contribution in [0, 0.1) is 0 Å². The molecule has 1 amide bonds. The van der Waals surface area contributed by atoms with Crippen LogP contribution in [0.2, 0.25) is 0 Å². The standard InChI is InChI=1S/C17H18N2O3/c20-17(19-12-4-1-5-13-19)22-15-9-7-14(8-10-15)21-16-6-2-3-11-18-16/h2-3,6-11H,1,4-5,12-13H2. The summed E-state index contributed by atoms with van der Waals surface area (Å²) in [5, 5.41) is 0. The third-order valence-corrected chi connectivity index (χ3v) is 3.50. The van der Waals surface area contributed by atoms with Crippen LogP contribution >= 0.6 is 0 Å². The first-order chi connectivity index (χ1) is 10.8. The maximum absolute atomic E-state index is 12.0. The summed E-state index contributed by atoms with van der Waals surface area (Å²) >= 11 is 0. The van der Waals surface area contributed by atoms with Gasteiger partial charge in [-0.15, -0.1) is 0 Å². The van der Waals surface area contributed by atoms with Gasteiger partial charge in [-0.25, -0.2) is 9.78 Å². The van der Waals surface area contributed by atoms with E-state index < -0.39 is 0 Å². The Balaban J connectivity index is 1.58. The molecule has 0 unspecified atom stereocenters. The number of hydrogen-bond acceptors (Lipinski definition) is 4. The Morgan fingerprint density at radius 2 is 1.68 bits per heavy atom. The minimum atomic E-state index is -0.280. The first-order valence-corrected chi connectivity index (χ1v) is 7.47. The zero-order valence-electron chi connectivity index (χ0n) is 12.3. The fourth-order valence-electron chi connectivity index (χ4n) is 2.35. The van der Waals surface area contributed by atoms with E-state index in [2.05, 4.69) is 4.98 Å². The van der Waals surface area contributed by atoms with Crippen LogP contribution in [0.15, 0.2) is 48.7 Å². The number of piperidine rings is 1. The minimum absolute atomic E-state index is 0.280. The summed E-state index contributed by atoms with van der Waals surface area (Å²) in [5.41, 5.74) is 0. The second-order valence-electron chi connectivity index (χ2n) is 5.16. The molecule has 1 saturated heterocycles. The van der Waals surface area contributed by atoms with Crippen LogP contribution in [0.3, 0.4) is 0 Å². The lowest BCUT2D eigenvalue weighted by molar-refractivity contribution is 0.142. The van der Waals surface area contributed by atoms with Crippen LogP contribution in [0.4, 0.5) is 4.79 Å². The van der Waals surface area contributed by atoms with E-state index in [0.717, 1.165) is 25.9 Å². The zero-order chi connectivity index (χ0) is 15.2. The molecule has 0 N–H and O–H groups in total. The molecule has 2 aromatic rings. The number of hydrogen-bond donors (Lipinski definition) is 0. The quantitative estimate of drug-likeness (QED) is 0.863. The molecule has 1 aliphatic rings. The van der Waals surface area contributed by atoms with Crippen LogP contribution in [-0.2, 0) is 0 Å². The van der Waals surface area contributed by atoms with E-state index in [9.17, 15) is 4.79 Å². The van der Waals surface area contributed by atoms with E-state index in [4.69, 9.17) is 9.47 Å². The topological polar surface area (TPSA) is 51.7 Å². The second kappa shape index (κ2) is 6.93. The Hall–Kier alpha value is -2.56. The Morgan fingerprint density at radius 3 is 2.36 bits per heavy atom. The molecule has 1 aromatic carbocycles. The van der Waals surface area contributed by atoms with Crippen molar-refractivity contribution < 1.29 is 14.3 Å². The number of carbonyl (C=O) groups excluding carboxylic acids is 1. The number of pyridine rings is 1. The van der Waals surface area contributed by atoms with Gasteiger partial charge in [0.05, 0.1) is 0 Å². The van der Waals surface area contributed by atoms with Gasteiger partial charge in [-0.05, 0) is 49.6 Å². The highest BCUT2D eigenvalue weighted by molar-refractivity contribution is 5.70. The van der Waals surface area contributed by atoms with E-state index >= 15 is 0 Å². The predicted molar refractivity (Wildman–Crippen MR) is 82.2 cm³/mol. The van der Waals surface area contributed by atoms with Gasteiger partial charge in [0, 0.05) is 25.4 Å². The van der Waals surface area contributed by atoms with Crippen LogP contribution in [0.5, 0.6) is 17.4 Å². The summed E-state index contributed by atoms with van der Waals surface area (Å²) in [7, 11) is 0. The molecule has 2 heterocycles. The molecule has 3 rings (SSSR count).